The normalized spacial score (nSPS) is 10.9. The van der Waals surface area contributed by atoms with Crippen LogP contribution in [0.4, 0.5) is 5.69 Å². The molecule has 0 atom stereocenters. The minimum atomic E-state index is -0.188. The van der Waals surface area contributed by atoms with Gasteiger partial charge in [-0.15, -0.1) is 0 Å². The first kappa shape index (κ1) is 19.7. The molecular formula is C24H23N3O3. The van der Waals surface area contributed by atoms with Crippen LogP contribution in [0.15, 0.2) is 66.7 Å². The number of H-pyrrole nitrogens is 1. The average Bonchev–Trinajstić information content (AvgIpc) is 3.22. The quantitative estimate of drug-likeness (QED) is 0.455. The lowest BCUT2D eigenvalue weighted by molar-refractivity contribution is 0.102. The number of nitrogens with zero attached hydrogens (tertiary/aromatic N) is 1. The van der Waals surface area contributed by atoms with Crippen molar-refractivity contribution >= 4 is 22.6 Å². The van der Waals surface area contributed by atoms with Crippen molar-refractivity contribution < 1.29 is 14.3 Å². The van der Waals surface area contributed by atoms with Crippen LogP contribution in [0, 0.1) is 0 Å². The molecule has 0 radical (unpaired) electrons. The van der Waals surface area contributed by atoms with Crippen LogP contribution in [-0.4, -0.2) is 29.6 Å². The van der Waals surface area contributed by atoms with Crippen molar-refractivity contribution in [1.29, 1.82) is 0 Å². The molecule has 1 heterocycles. The summed E-state index contributed by atoms with van der Waals surface area (Å²) in [4.78, 5) is 20.6. The molecule has 6 heteroatoms. The van der Waals surface area contributed by atoms with E-state index in [9.17, 15) is 4.79 Å². The highest BCUT2D eigenvalue weighted by Crippen LogP contribution is 2.24. The Morgan fingerprint density at radius 2 is 1.87 bits per heavy atom. The number of rotatable bonds is 7. The molecule has 0 saturated carbocycles. The number of imidazole rings is 1. The van der Waals surface area contributed by atoms with Gasteiger partial charge in [0.25, 0.3) is 5.91 Å². The number of amides is 1. The SMILES string of the molecule is CCOCc1cc(C(=O)Nc2ccc(-c3nc4ccccc4[nH]3)cc2)ccc1OC. The fourth-order valence-corrected chi connectivity index (χ4v) is 3.25. The van der Waals surface area contributed by atoms with E-state index in [0.717, 1.165) is 28.0 Å². The molecule has 6 nitrogen and oxygen atoms in total. The Labute approximate surface area is 174 Å². The lowest BCUT2D eigenvalue weighted by atomic mass is 10.1. The number of nitrogens with one attached hydrogen (secondary N) is 2. The summed E-state index contributed by atoms with van der Waals surface area (Å²) in [6.45, 7) is 2.92. The van der Waals surface area contributed by atoms with E-state index in [1.54, 1.807) is 25.3 Å². The minimum absolute atomic E-state index is 0.188. The van der Waals surface area contributed by atoms with Crippen molar-refractivity contribution in [1.82, 2.24) is 9.97 Å². The molecule has 3 aromatic carbocycles. The molecule has 1 aromatic heterocycles. The second kappa shape index (κ2) is 8.80. The first-order chi connectivity index (χ1) is 14.7. The van der Waals surface area contributed by atoms with Gasteiger partial charge in [0.05, 0.1) is 24.8 Å². The van der Waals surface area contributed by atoms with Gasteiger partial charge in [-0.3, -0.25) is 4.79 Å². The molecule has 0 aliphatic carbocycles. The molecule has 1 amide bonds. The first-order valence-corrected chi connectivity index (χ1v) is 9.79. The van der Waals surface area contributed by atoms with Gasteiger partial charge >= 0.3 is 0 Å². The molecule has 152 valence electrons. The Hall–Kier alpha value is -3.64. The topological polar surface area (TPSA) is 76.2 Å². The zero-order valence-electron chi connectivity index (χ0n) is 16.9. The molecule has 0 bridgehead atoms. The smallest absolute Gasteiger partial charge is 0.255 e. The number of para-hydroxylation sites is 2. The highest BCUT2D eigenvalue weighted by Gasteiger charge is 2.11. The zero-order chi connectivity index (χ0) is 20.9. The third-order valence-corrected chi connectivity index (χ3v) is 4.81. The standard InChI is InChI=1S/C24H23N3O3/c1-3-30-15-18-14-17(10-13-22(18)29-2)24(28)25-19-11-8-16(9-12-19)23-26-20-6-4-5-7-21(20)27-23/h4-14H,3,15H2,1-2H3,(H,25,28)(H,26,27). The molecule has 0 aliphatic rings. The van der Waals surface area contributed by atoms with Gasteiger partial charge in [-0.1, -0.05) is 12.1 Å². The summed E-state index contributed by atoms with van der Waals surface area (Å²) in [5.41, 5.74) is 4.97. The van der Waals surface area contributed by atoms with Gasteiger partial charge in [0.15, 0.2) is 0 Å². The molecular weight excluding hydrogens is 378 g/mol. The van der Waals surface area contributed by atoms with E-state index in [1.165, 1.54) is 0 Å². The van der Waals surface area contributed by atoms with E-state index in [-0.39, 0.29) is 5.91 Å². The van der Waals surface area contributed by atoms with Crippen LogP contribution in [0.2, 0.25) is 0 Å². The Morgan fingerprint density at radius 1 is 1.07 bits per heavy atom. The highest BCUT2D eigenvalue weighted by molar-refractivity contribution is 6.04. The van der Waals surface area contributed by atoms with Gasteiger partial charge in [0.1, 0.15) is 11.6 Å². The van der Waals surface area contributed by atoms with Gasteiger partial charge in [-0.2, -0.15) is 0 Å². The average molecular weight is 401 g/mol. The first-order valence-electron chi connectivity index (χ1n) is 9.79. The Kier molecular flexibility index (Phi) is 5.77. The molecule has 0 fully saturated rings. The van der Waals surface area contributed by atoms with Gasteiger partial charge < -0.3 is 19.8 Å². The maximum absolute atomic E-state index is 12.7. The second-order valence-corrected chi connectivity index (χ2v) is 6.80. The molecule has 4 aromatic rings. The summed E-state index contributed by atoms with van der Waals surface area (Å²) in [7, 11) is 1.61. The van der Waals surface area contributed by atoms with Crippen molar-refractivity contribution in [2.24, 2.45) is 0 Å². The maximum atomic E-state index is 12.7. The lowest BCUT2D eigenvalue weighted by Gasteiger charge is -2.11. The number of aromatic amines is 1. The summed E-state index contributed by atoms with van der Waals surface area (Å²) >= 11 is 0. The third kappa shape index (κ3) is 4.18. The highest BCUT2D eigenvalue weighted by atomic mass is 16.5. The van der Waals surface area contributed by atoms with Crippen LogP contribution in [0.3, 0.4) is 0 Å². The molecule has 0 saturated heterocycles. The van der Waals surface area contributed by atoms with Crippen molar-refractivity contribution in [3.05, 3.63) is 77.9 Å². The van der Waals surface area contributed by atoms with Crippen LogP contribution in [0.1, 0.15) is 22.8 Å². The van der Waals surface area contributed by atoms with Crippen molar-refractivity contribution in [3.63, 3.8) is 0 Å². The van der Waals surface area contributed by atoms with Crippen LogP contribution in [-0.2, 0) is 11.3 Å². The predicted octanol–water partition coefficient (Wildman–Crippen LogP) is 5.03. The second-order valence-electron chi connectivity index (χ2n) is 6.80. The maximum Gasteiger partial charge on any atom is 0.255 e. The molecule has 4 rings (SSSR count). The Balaban J connectivity index is 1.49. The van der Waals surface area contributed by atoms with Crippen molar-refractivity contribution in [2.75, 3.05) is 19.0 Å². The number of methoxy groups -OCH3 is 1. The molecule has 30 heavy (non-hydrogen) atoms. The summed E-state index contributed by atoms with van der Waals surface area (Å²) in [6.07, 6.45) is 0. The third-order valence-electron chi connectivity index (χ3n) is 4.81. The number of hydrogen-bond acceptors (Lipinski definition) is 4. The fourth-order valence-electron chi connectivity index (χ4n) is 3.25. The number of carbonyl (C=O) groups excluding carboxylic acids is 1. The molecule has 0 aliphatic heterocycles. The molecule has 2 N–H and O–H groups in total. The van der Waals surface area contributed by atoms with Crippen LogP contribution >= 0.6 is 0 Å². The summed E-state index contributed by atoms with van der Waals surface area (Å²) in [5, 5.41) is 2.93. The van der Waals surface area contributed by atoms with Crippen LogP contribution < -0.4 is 10.1 Å². The van der Waals surface area contributed by atoms with Gasteiger partial charge in [0, 0.05) is 29.0 Å². The number of benzene rings is 3. The van der Waals surface area contributed by atoms with Crippen molar-refractivity contribution in [2.45, 2.75) is 13.5 Å². The number of hydrogen-bond donors (Lipinski definition) is 2. The number of ether oxygens (including phenoxy) is 2. The van der Waals surface area contributed by atoms with Crippen LogP contribution in [0.25, 0.3) is 22.4 Å². The van der Waals surface area contributed by atoms with Crippen LogP contribution in [0.5, 0.6) is 5.75 Å². The lowest BCUT2D eigenvalue weighted by Crippen LogP contribution is -2.12. The minimum Gasteiger partial charge on any atom is -0.496 e. The summed E-state index contributed by atoms with van der Waals surface area (Å²) in [6, 6.07) is 20.8. The summed E-state index contributed by atoms with van der Waals surface area (Å²) in [5.74, 6) is 1.31. The molecule has 0 spiro atoms. The predicted molar refractivity (Wildman–Crippen MR) is 118 cm³/mol. The largest absolute Gasteiger partial charge is 0.496 e. The van der Waals surface area contributed by atoms with E-state index < -0.39 is 0 Å². The van der Waals surface area contributed by atoms with Gasteiger partial charge in [0.2, 0.25) is 0 Å². The van der Waals surface area contributed by atoms with E-state index in [2.05, 4.69) is 15.3 Å². The number of aromatic nitrogens is 2. The Morgan fingerprint density at radius 3 is 2.60 bits per heavy atom. The van der Waals surface area contributed by atoms with Gasteiger partial charge in [-0.05, 0) is 61.5 Å². The van der Waals surface area contributed by atoms with E-state index >= 15 is 0 Å². The Bertz CT molecular complexity index is 1130. The van der Waals surface area contributed by atoms with E-state index in [0.29, 0.717) is 30.2 Å². The number of carbonyl (C=O) groups is 1. The monoisotopic (exact) mass is 401 g/mol. The van der Waals surface area contributed by atoms with E-state index in [1.807, 2.05) is 55.5 Å². The van der Waals surface area contributed by atoms with Crippen molar-refractivity contribution in [3.8, 4) is 17.1 Å². The summed E-state index contributed by atoms with van der Waals surface area (Å²) < 4.78 is 10.8. The number of anilines is 1. The van der Waals surface area contributed by atoms with Gasteiger partial charge in [-0.25, -0.2) is 4.98 Å². The molecule has 0 unspecified atom stereocenters. The fraction of sp³-hybridized carbons (Fsp3) is 0.167. The number of fused-ring (bicyclic) bond motifs is 1. The zero-order valence-corrected chi connectivity index (χ0v) is 16.9. The van der Waals surface area contributed by atoms with E-state index in [4.69, 9.17) is 9.47 Å².